The van der Waals surface area contributed by atoms with Crippen molar-refractivity contribution in [1.82, 2.24) is 5.32 Å². The molecule has 0 heterocycles. The largest absolute Gasteiger partial charge is 0.370 e. The summed E-state index contributed by atoms with van der Waals surface area (Å²) in [5, 5.41) is 3.34. The minimum atomic E-state index is 0.0417. The molecule has 2 aliphatic rings. The van der Waals surface area contributed by atoms with Crippen LogP contribution < -0.4 is 16.8 Å². The van der Waals surface area contributed by atoms with Crippen LogP contribution in [0.3, 0.4) is 0 Å². The maximum absolute atomic E-state index is 12.6. The van der Waals surface area contributed by atoms with Gasteiger partial charge in [-0.3, -0.25) is 9.79 Å². The minimum Gasteiger partial charge on any atom is -0.370 e. The SMILES string of the molecule is CC1(C(NC(=O)c2ccccc2)C2CC2)CCC(N=C(N)N)CC1. The van der Waals surface area contributed by atoms with E-state index < -0.39 is 0 Å². The van der Waals surface area contributed by atoms with E-state index in [-0.39, 0.29) is 29.4 Å². The molecule has 1 atom stereocenters. The van der Waals surface area contributed by atoms with Gasteiger partial charge in [-0.05, 0) is 62.0 Å². The fourth-order valence-electron chi connectivity index (χ4n) is 4.02. The summed E-state index contributed by atoms with van der Waals surface area (Å²) in [6.07, 6.45) is 6.49. The first-order chi connectivity index (χ1) is 11.5. The van der Waals surface area contributed by atoms with Gasteiger partial charge < -0.3 is 16.8 Å². The number of nitrogens with zero attached hydrogens (tertiary/aromatic N) is 1. The predicted molar refractivity (Wildman–Crippen MR) is 96.6 cm³/mol. The zero-order valence-electron chi connectivity index (χ0n) is 14.4. The van der Waals surface area contributed by atoms with Crippen molar-refractivity contribution in [3.8, 4) is 0 Å². The molecule has 1 unspecified atom stereocenters. The third-order valence-electron chi connectivity index (χ3n) is 5.60. The molecule has 0 bridgehead atoms. The van der Waals surface area contributed by atoms with Crippen LogP contribution >= 0.6 is 0 Å². The molecule has 0 radical (unpaired) electrons. The number of hydrogen-bond acceptors (Lipinski definition) is 2. The molecule has 0 aliphatic heterocycles. The van der Waals surface area contributed by atoms with E-state index in [4.69, 9.17) is 11.5 Å². The van der Waals surface area contributed by atoms with Gasteiger partial charge in [0.1, 0.15) is 0 Å². The van der Waals surface area contributed by atoms with Crippen molar-refractivity contribution in [2.75, 3.05) is 0 Å². The molecule has 5 nitrogen and oxygen atoms in total. The Morgan fingerprint density at radius 3 is 2.33 bits per heavy atom. The van der Waals surface area contributed by atoms with Crippen LogP contribution in [0, 0.1) is 11.3 Å². The Morgan fingerprint density at radius 2 is 1.79 bits per heavy atom. The average Bonchev–Trinajstić information content (AvgIpc) is 3.40. The van der Waals surface area contributed by atoms with E-state index in [1.807, 2.05) is 30.3 Å². The topological polar surface area (TPSA) is 93.5 Å². The number of nitrogens with two attached hydrogens (primary N) is 2. The summed E-state index contributed by atoms with van der Waals surface area (Å²) in [6, 6.07) is 9.96. The van der Waals surface area contributed by atoms with Gasteiger partial charge in [0.05, 0.1) is 6.04 Å². The van der Waals surface area contributed by atoms with Gasteiger partial charge in [-0.15, -0.1) is 0 Å². The van der Waals surface area contributed by atoms with Gasteiger partial charge in [-0.25, -0.2) is 0 Å². The Hall–Kier alpha value is -2.04. The smallest absolute Gasteiger partial charge is 0.251 e. The van der Waals surface area contributed by atoms with Crippen LogP contribution in [0.2, 0.25) is 0 Å². The third-order valence-corrected chi connectivity index (χ3v) is 5.60. The molecule has 0 saturated heterocycles. The molecule has 130 valence electrons. The average molecular weight is 328 g/mol. The summed E-state index contributed by atoms with van der Waals surface area (Å²) < 4.78 is 0. The quantitative estimate of drug-likeness (QED) is 0.572. The van der Waals surface area contributed by atoms with Gasteiger partial charge in [0, 0.05) is 11.6 Å². The lowest BCUT2D eigenvalue weighted by Gasteiger charge is -2.43. The molecular formula is C19H28N4O. The maximum atomic E-state index is 12.6. The predicted octanol–water partition coefficient (Wildman–Crippen LogP) is 2.42. The van der Waals surface area contributed by atoms with Crippen molar-refractivity contribution in [1.29, 1.82) is 0 Å². The van der Waals surface area contributed by atoms with Crippen molar-refractivity contribution >= 4 is 11.9 Å². The monoisotopic (exact) mass is 328 g/mol. The zero-order chi connectivity index (χ0) is 17.2. The number of carbonyl (C=O) groups is 1. The van der Waals surface area contributed by atoms with Crippen LogP contribution in [-0.4, -0.2) is 24.0 Å². The second-order valence-electron chi connectivity index (χ2n) is 7.59. The van der Waals surface area contributed by atoms with Crippen LogP contribution in [0.1, 0.15) is 55.8 Å². The molecule has 1 aromatic rings. The van der Waals surface area contributed by atoms with E-state index in [0.717, 1.165) is 31.2 Å². The maximum Gasteiger partial charge on any atom is 0.251 e. The molecule has 24 heavy (non-hydrogen) atoms. The fourth-order valence-corrected chi connectivity index (χ4v) is 4.02. The Balaban J connectivity index is 1.68. The normalized spacial score (nSPS) is 28.0. The van der Waals surface area contributed by atoms with Gasteiger partial charge in [0.25, 0.3) is 5.91 Å². The Morgan fingerprint density at radius 1 is 1.17 bits per heavy atom. The van der Waals surface area contributed by atoms with Crippen LogP contribution in [-0.2, 0) is 0 Å². The number of nitrogens with one attached hydrogen (secondary N) is 1. The molecule has 3 rings (SSSR count). The summed E-state index contributed by atoms with van der Waals surface area (Å²) >= 11 is 0. The van der Waals surface area contributed by atoms with Crippen molar-refractivity contribution in [3.05, 3.63) is 35.9 Å². The summed E-state index contributed by atoms with van der Waals surface area (Å²) in [5.41, 5.74) is 11.9. The number of amides is 1. The van der Waals surface area contributed by atoms with Crippen molar-refractivity contribution in [2.24, 2.45) is 27.8 Å². The molecule has 1 aromatic carbocycles. The molecule has 5 heteroatoms. The highest BCUT2D eigenvalue weighted by molar-refractivity contribution is 5.94. The standard InChI is InChI=1S/C19H28N4O/c1-19(11-9-15(10-12-19)22-18(20)21)16(13-7-8-13)23-17(24)14-5-3-2-4-6-14/h2-6,13,15-16H,7-12H2,1H3,(H,23,24)(H4,20,21,22). The van der Waals surface area contributed by atoms with E-state index in [1.54, 1.807) is 0 Å². The molecular weight excluding hydrogens is 300 g/mol. The van der Waals surface area contributed by atoms with E-state index >= 15 is 0 Å². The van der Waals surface area contributed by atoms with E-state index in [2.05, 4.69) is 17.2 Å². The van der Waals surface area contributed by atoms with Crippen LogP contribution in [0.25, 0.3) is 0 Å². The molecule has 1 amide bonds. The van der Waals surface area contributed by atoms with Gasteiger partial charge >= 0.3 is 0 Å². The highest BCUT2D eigenvalue weighted by atomic mass is 16.1. The molecule has 2 aliphatic carbocycles. The summed E-state index contributed by atoms with van der Waals surface area (Å²) in [7, 11) is 0. The second kappa shape index (κ2) is 6.83. The first-order valence-corrected chi connectivity index (χ1v) is 8.92. The minimum absolute atomic E-state index is 0.0417. The molecule has 5 N–H and O–H groups in total. The molecule has 0 aromatic heterocycles. The highest BCUT2D eigenvalue weighted by Gasteiger charge is 2.46. The van der Waals surface area contributed by atoms with E-state index in [1.165, 1.54) is 12.8 Å². The van der Waals surface area contributed by atoms with Gasteiger partial charge in [0.15, 0.2) is 5.96 Å². The van der Waals surface area contributed by atoms with Crippen LogP contribution in [0.4, 0.5) is 0 Å². The Kier molecular flexibility index (Phi) is 4.78. The zero-order valence-corrected chi connectivity index (χ0v) is 14.4. The number of aliphatic imine (C=N–C) groups is 1. The lowest BCUT2D eigenvalue weighted by Crippen LogP contribution is -2.49. The summed E-state index contributed by atoms with van der Waals surface area (Å²) in [6.45, 7) is 2.31. The Bertz CT molecular complexity index is 597. The second-order valence-corrected chi connectivity index (χ2v) is 7.59. The summed E-state index contributed by atoms with van der Waals surface area (Å²) in [4.78, 5) is 16.9. The van der Waals surface area contributed by atoms with E-state index in [0.29, 0.717) is 5.92 Å². The van der Waals surface area contributed by atoms with Gasteiger partial charge in [-0.1, -0.05) is 25.1 Å². The van der Waals surface area contributed by atoms with Crippen molar-refractivity contribution in [3.63, 3.8) is 0 Å². The van der Waals surface area contributed by atoms with E-state index in [9.17, 15) is 4.79 Å². The highest BCUT2D eigenvalue weighted by Crippen LogP contribution is 2.48. The number of hydrogen-bond donors (Lipinski definition) is 3. The van der Waals surface area contributed by atoms with Gasteiger partial charge in [0.2, 0.25) is 0 Å². The number of rotatable bonds is 5. The number of guanidine groups is 1. The number of carbonyl (C=O) groups excluding carboxylic acids is 1. The molecule has 2 saturated carbocycles. The lowest BCUT2D eigenvalue weighted by molar-refractivity contribution is 0.0793. The third kappa shape index (κ3) is 3.89. The fraction of sp³-hybridized carbons (Fsp3) is 0.579. The van der Waals surface area contributed by atoms with Crippen molar-refractivity contribution < 1.29 is 4.79 Å². The van der Waals surface area contributed by atoms with Crippen LogP contribution in [0.15, 0.2) is 35.3 Å². The first-order valence-electron chi connectivity index (χ1n) is 8.92. The van der Waals surface area contributed by atoms with Gasteiger partial charge in [-0.2, -0.15) is 0 Å². The number of benzene rings is 1. The molecule has 2 fully saturated rings. The van der Waals surface area contributed by atoms with Crippen molar-refractivity contribution in [2.45, 2.75) is 57.5 Å². The Labute approximate surface area is 143 Å². The lowest BCUT2D eigenvalue weighted by atomic mass is 9.68. The summed E-state index contributed by atoms with van der Waals surface area (Å²) in [5.74, 6) is 0.835. The first kappa shape index (κ1) is 16.8. The van der Waals surface area contributed by atoms with Crippen LogP contribution in [0.5, 0.6) is 0 Å². The molecule has 0 spiro atoms.